The molecule has 0 aromatic heterocycles. The zero-order chi connectivity index (χ0) is 7.52. The number of hydrogen-bond acceptors (Lipinski definition) is 0. The molecule has 1 nitrogen and oxygen atoms in total. The third kappa shape index (κ3) is 1.47. The molecule has 0 bridgehead atoms. The van der Waals surface area contributed by atoms with Crippen LogP contribution in [0.2, 0.25) is 0 Å². The Bertz CT molecular complexity index is 185. The highest BCUT2D eigenvalue weighted by Gasteiger charge is 2.19. The van der Waals surface area contributed by atoms with Crippen molar-refractivity contribution in [1.29, 1.82) is 0 Å². The monoisotopic (exact) mass is 151 g/mol. The van der Waals surface area contributed by atoms with Gasteiger partial charge in [0.05, 0.1) is 0 Å². The molecule has 1 aliphatic carbocycles. The van der Waals surface area contributed by atoms with Gasteiger partial charge in [-0.25, -0.2) is 0 Å². The van der Waals surface area contributed by atoms with Crippen molar-refractivity contribution >= 4 is 0 Å². The summed E-state index contributed by atoms with van der Waals surface area (Å²) in [6, 6.07) is 0. The van der Waals surface area contributed by atoms with Crippen molar-refractivity contribution in [2.75, 3.05) is 6.61 Å². The lowest BCUT2D eigenvalue weighted by Crippen LogP contribution is -2.03. The summed E-state index contributed by atoms with van der Waals surface area (Å²) in [5, 5.41) is 0. The SMILES string of the molecule is C1=CC(C2CCCC2)=CC[OH+]1. The minimum atomic E-state index is 0.863. The van der Waals surface area contributed by atoms with Crippen LogP contribution in [0.4, 0.5) is 0 Å². The number of hydrogen-bond donors (Lipinski definition) is 0. The van der Waals surface area contributed by atoms with Crippen molar-refractivity contribution in [3.8, 4) is 0 Å². The average Bonchev–Trinajstić information content (AvgIpc) is 2.58. The van der Waals surface area contributed by atoms with Crippen LogP contribution in [0.5, 0.6) is 0 Å². The van der Waals surface area contributed by atoms with Gasteiger partial charge in [-0.15, -0.1) is 0 Å². The normalized spacial score (nSPS) is 24.9. The molecular weight excluding hydrogens is 136 g/mol. The lowest BCUT2D eigenvalue weighted by atomic mass is 9.97. The molecule has 1 N–H and O–H groups in total. The van der Waals surface area contributed by atoms with Gasteiger partial charge in [-0.05, 0) is 24.3 Å². The first-order chi connectivity index (χ1) is 5.47. The lowest BCUT2D eigenvalue weighted by Gasteiger charge is -2.12. The molecule has 2 aliphatic rings. The van der Waals surface area contributed by atoms with Gasteiger partial charge in [0.25, 0.3) is 0 Å². The lowest BCUT2D eigenvalue weighted by molar-refractivity contribution is 0.0880. The summed E-state index contributed by atoms with van der Waals surface area (Å²) in [5.41, 5.74) is 1.54. The van der Waals surface area contributed by atoms with Crippen molar-refractivity contribution in [2.24, 2.45) is 5.92 Å². The highest BCUT2D eigenvalue weighted by atomic mass is 16.5. The molecule has 0 saturated heterocycles. The first kappa shape index (κ1) is 6.96. The van der Waals surface area contributed by atoms with E-state index >= 15 is 0 Å². The van der Waals surface area contributed by atoms with Crippen LogP contribution >= 0.6 is 0 Å². The Kier molecular flexibility index (Phi) is 1.97. The maximum atomic E-state index is 4.14. The molecular formula is C10H15O+. The number of ether oxygens (including phenoxy) is 1. The fraction of sp³-hybridized carbons (Fsp3) is 0.600. The molecule has 0 aromatic carbocycles. The van der Waals surface area contributed by atoms with E-state index in [1.54, 1.807) is 0 Å². The van der Waals surface area contributed by atoms with Crippen LogP contribution in [-0.4, -0.2) is 11.3 Å². The molecule has 2 rings (SSSR count). The van der Waals surface area contributed by atoms with Gasteiger partial charge in [0.1, 0.15) is 0 Å². The van der Waals surface area contributed by atoms with E-state index in [-0.39, 0.29) is 0 Å². The summed E-state index contributed by atoms with van der Waals surface area (Å²) in [7, 11) is 0. The summed E-state index contributed by atoms with van der Waals surface area (Å²) in [4.78, 5) is 0. The molecule has 1 saturated carbocycles. The fourth-order valence-corrected chi connectivity index (χ4v) is 1.99. The Balaban J connectivity index is 2.02. The topological polar surface area (TPSA) is 12.8 Å². The highest BCUT2D eigenvalue weighted by molar-refractivity contribution is 5.23. The molecule has 1 fully saturated rings. The molecule has 11 heavy (non-hydrogen) atoms. The van der Waals surface area contributed by atoms with Crippen molar-refractivity contribution in [3.05, 3.63) is 24.0 Å². The first-order valence-corrected chi connectivity index (χ1v) is 4.50. The molecule has 0 radical (unpaired) electrons. The van der Waals surface area contributed by atoms with Crippen LogP contribution in [0.1, 0.15) is 25.7 Å². The van der Waals surface area contributed by atoms with E-state index in [1.165, 1.54) is 31.3 Å². The average molecular weight is 151 g/mol. The Morgan fingerprint density at radius 2 is 2.09 bits per heavy atom. The molecule has 0 aromatic rings. The summed E-state index contributed by atoms with van der Waals surface area (Å²) in [6.45, 7) is 0.905. The second-order valence-corrected chi connectivity index (χ2v) is 3.37. The zero-order valence-corrected chi connectivity index (χ0v) is 6.79. The van der Waals surface area contributed by atoms with E-state index in [4.69, 9.17) is 0 Å². The van der Waals surface area contributed by atoms with Gasteiger partial charge in [0, 0.05) is 12.2 Å². The maximum Gasteiger partial charge on any atom is 0.217 e. The Morgan fingerprint density at radius 1 is 1.27 bits per heavy atom. The molecule has 1 heterocycles. The van der Waals surface area contributed by atoms with Crippen molar-refractivity contribution < 1.29 is 4.74 Å². The van der Waals surface area contributed by atoms with E-state index in [0.29, 0.717) is 0 Å². The van der Waals surface area contributed by atoms with E-state index < -0.39 is 0 Å². The second kappa shape index (κ2) is 3.12. The van der Waals surface area contributed by atoms with Crippen LogP contribution in [-0.2, 0) is 0 Å². The Labute approximate surface area is 67.7 Å². The van der Waals surface area contributed by atoms with Crippen LogP contribution < -0.4 is 0 Å². The molecule has 0 amide bonds. The van der Waals surface area contributed by atoms with Gasteiger partial charge in [-0.3, -0.25) is 0 Å². The van der Waals surface area contributed by atoms with Gasteiger partial charge in [-0.1, -0.05) is 12.8 Å². The van der Waals surface area contributed by atoms with Gasteiger partial charge >= 0.3 is 0 Å². The van der Waals surface area contributed by atoms with Gasteiger partial charge in [0.15, 0.2) is 6.61 Å². The molecule has 0 unspecified atom stereocenters. The van der Waals surface area contributed by atoms with E-state index in [1.807, 2.05) is 6.26 Å². The number of rotatable bonds is 1. The van der Waals surface area contributed by atoms with Gasteiger partial charge < -0.3 is 4.74 Å². The van der Waals surface area contributed by atoms with Gasteiger partial charge in [0.2, 0.25) is 6.26 Å². The van der Waals surface area contributed by atoms with Crippen LogP contribution in [0.15, 0.2) is 24.0 Å². The quantitative estimate of drug-likeness (QED) is 0.509. The van der Waals surface area contributed by atoms with E-state index in [0.717, 1.165) is 12.5 Å². The standard InChI is InChI=1S/C10H14O/c1-2-4-9(3-1)10-5-7-11-8-6-10/h5-7,9H,1-4,8H2/p+1. The minimum absolute atomic E-state index is 0.863. The van der Waals surface area contributed by atoms with Crippen LogP contribution in [0.25, 0.3) is 0 Å². The predicted molar refractivity (Wildman–Crippen MR) is 46.3 cm³/mol. The van der Waals surface area contributed by atoms with E-state index in [2.05, 4.69) is 16.9 Å². The summed E-state index contributed by atoms with van der Waals surface area (Å²) in [6.07, 6.45) is 12.1. The molecule has 60 valence electrons. The van der Waals surface area contributed by atoms with Gasteiger partial charge in [-0.2, -0.15) is 0 Å². The van der Waals surface area contributed by atoms with Crippen LogP contribution in [0.3, 0.4) is 0 Å². The molecule has 1 aliphatic heterocycles. The zero-order valence-electron chi connectivity index (χ0n) is 6.79. The smallest absolute Gasteiger partial charge is 0.217 e. The minimum Gasteiger partial charge on any atom is -0.585 e. The number of allylic oxidation sites excluding steroid dienone is 2. The summed E-state index contributed by atoms with van der Waals surface area (Å²) >= 11 is 0. The second-order valence-electron chi connectivity index (χ2n) is 3.37. The Hall–Kier alpha value is -0.720. The summed E-state index contributed by atoms with van der Waals surface area (Å²) in [5.74, 6) is 0.863. The van der Waals surface area contributed by atoms with Crippen molar-refractivity contribution in [3.63, 3.8) is 0 Å². The van der Waals surface area contributed by atoms with E-state index in [9.17, 15) is 0 Å². The highest BCUT2D eigenvalue weighted by Crippen LogP contribution is 2.32. The molecule has 0 atom stereocenters. The number of aliphatic hydroxyl groups is 2. The third-order valence-corrected chi connectivity index (χ3v) is 2.63. The van der Waals surface area contributed by atoms with Crippen molar-refractivity contribution in [1.82, 2.24) is 0 Å². The summed E-state index contributed by atoms with van der Waals surface area (Å²) < 4.78 is 4.14. The fourth-order valence-electron chi connectivity index (χ4n) is 1.99. The predicted octanol–water partition coefficient (Wildman–Crippen LogP) is 2.16. The largest absolute Gasteiger partial charge is 0.585 e. The Morgan fingerprint density at radius 3 is 2.73 bits per heavy atom. The molecule has 0 spiro atoms. The van der Waals surface area contributed by atoms with Crippen LogP contribution in [0, 0.1) is 5.92 Å². The first-order valence-electron chi connectivity index (χ1n) is 4.50. The third-order valence-electron chi connectivity index (χ3n) is 2.63. The molecule has 1 heteroatoms. The maximum absolute atomic E-state index is 4.14. The van der Waals surface area contributed by atoms with Crippen molar-refractivity contribution in [2.45, 2.75) is 25.7 Å².